The minimum Gasteiger partial charge on any atom is -0.403 e. The van der Waals surface area contributed by atoms with Gasteiger partial charge in [0.1, 0.15) is 11.4 Å². The lowest BCUT2D eigenvalue weighted by Gasteiger charge is -2.37. The van der Waals surface area contributed by atoms with E-state index in [0.29, 0.717) is 22.5 Å². The third-order valence-electron chi connectivity index (χ3n) is 5.86. The predicted octanol–water partition coefficient (Wildman–Crippen LogP) is 2.53. The van der Waals surface area contributed by atoms with Crippen LogP contribution in [-0.4, -0.2) is 53.2 Å². The van der Waals surface area contributed by atoms with E-state index in [9.17, 15) is 4.79 Å². The summed E-state index contributed by atoms with van der Waals surface area (Å²) in [6.07, 6.45) is 9.50. The van der Waals surface area contributed by atoms with Gasteiger partial charge in [-0.3, -0.25) is 9.79 Å². The van der Waals surface area contributed by atoms with Crippen molar-refractivity contribution >= 4 is 35.5 Å². The number of aromatic nitrogens is 2. The van der Waals surface area contributed by atoms with Gasteiger partial charge < -0.3 is 21.3 Å². The Morgan fingerprint density at radius 1 is 1.50 bits per heavy atom. The van der Waals surface area contributed by atoms with Gasteiger partial charge in [-0.05, 0) is 37.5 Å². The van der Waals surface area contributed by atoms with E-state index < -0.39 is 0 Å². The van der Waals surface area contributed by atoms with Gasteiger partial charge in [-0.2, -0.15) is 10.2 Å². The van der Waals surface area contributed by atoms with Crippen LogP contribution in [0.3, 0.4) is 0 Å². The minimum atomic E-state index is -0.0542. The minimum absolute atomic E-state index is 0.0337. The number of likely N-dealkylation sites (tertiary alicyclic amines) is 1. The molecule has 1 saturated heterocycles. The van der Waals surface area contributed by atoms with E-state index >= 15 is 0 Å². The van der Waals surface area contributed by atoms with E-state index in [4.69, 9.17) is 22.6 Å². The fraction of sp³-hybridized carbons (Fsp3) is 0.550. The van der Waals surface area contributed by atoms with Crippen LogP contribution in [0.15, 0.2) is 23.1 Å². The number of rotatable bonds is 6. The maximum atomic E-state index is 12.0. The summed E-state index contributed by atoms with van der Waals surface area (Å²) in [5.41, 5.74) is 6.33. The number of nitriles is 1. The monoisotopic (exact) mass is 430 g/mol. The molecule has 9 nitrogen and oxygen atoms in total. The first-order valence-electron chi connectivity index (χ1n) is 10.0. The number of hydrogen-bond acceptors (Lipinski definition) is 8. The number of carbonyl (C=O) groups is 1. The van der Waals surface area contributed by atoms with Crippen LogP contribution < -0.4 is 16.4 Å². The molecule has 30 heavy (non-hydrogen) atoms. The maximum absolute atomic E-state index is 12.0. The van der Waals surface area contributed by atoms with Crippen LogP contribution in [0.5, 0.6) is 0 Å². The van der Waals surface area contributed by atoms with Crippen molar-refractivity contribution in [1.29, 1.82) is 5.26 Å². The molecule has 1 saturated carbocycles. The highest BCUT2D eigenvalue weighted by molar-refractivity contribution is 6.32. The second-order valence-electron chi connectivity index (χ2n) is 7.84. The predicted molar refractivity (Wildman–Crippen MR) is 117 cm³/mol. The number of aliphatic imine (C=N–C) groups is 1. The molecule has 1 aromatic rings. The Labute approximate surface area is 181 Å². The summed E-state index contributed by atoms with van der Waals surface area (Å²) >= 11 is 6.30. The number of nitrogens with one attached hydrogen (secondary N) is 2. The maximum Gasteiger partial charge on any atom is 0.236 e. The normalized spacial score (nSPS) is 24.2. The number of carbonyl (C=O) groups excluding carboxylic acids is 1. The fourth-order valence-corrected chi connectivity index (χ4v) is 4.36. The van der Waals surface area contributed by atoms with Gasteiger partial charge in [0, 0.05) is 38.6 Å². The summed E-state index contributed by atoms with van der Waals surface area (Å²) in [6.45, 7) is 1.51. The third kappa shape index (κ3) is 5.19. The Hall–Kier alpha value is -2.86. The number of halogens is 1. The summed E-state index contributed by atoms with van der Waals surface area (Å²) in [4.78, 5) is 26.5. The number of nitrogens with zero attached hydrogens (tertiary/aromatic N) is 5. The molecular formula is C20H27ClN8O. The van der Waals surface area contributed by atoms with Gasteiger partial charge in [0.05, 0.1) is 18.0 Å². The van der Waals surface area contributed by atoms with Gasteiger partial charge in [-0.15, -0.1) is 0 Å². The van der Waals surface area contributed by atoms with Crippen LogP contribution in [0.2, 0.25) is 5.02 Å². The molecule has 2 heterocycles. The topological polar surface area (TPSA) is 132 Å². The van der Waals surface area contributed by atoms with Crippen molar-refractivity contribution < 1.29 is 4.79 Å². The van der Waals surface area contributed by atoms with E-state index in [1.165, 1.54) is 6.20 Å². The Bertz CT molecular complexity index is 870. The molecular weight excluding hydrogens is 404 g/mol. The van der Waals surface area contributed by atoms with Gasteiger partial charge in [0.15, 0.2) is 5.82 Å². The van der Waals surface area contributed by atoms with Crippen molar-refractivity contribution in [3.63, 3.8) is 0 Å². The molecule has 0 radical (unpaired) electrons. The van der Waals surface area contributed by atoms with E-state index in [1.807, 2.05) is 11.0 Å². The molecule has 3 rings (SSSR count). The molecule has 0 atom stereocenters. The van der Waals surface area contributed by atoms with Crippen LogP contribution >= 0.6 is 11.6 Å². The van der Waals surface area contributed by atoms with Gasteiger partial charge in [0.2, 0.25) is 11.9 Å². The molecule has 1 aliphatic heterocycles. The number of anilines is 2. The Balaban J connectivity index is 1.58. The summed E-state index contributed by atoms with van der Waals surface area (Å²) in [5, 5.41) is 15.7. The average Bonchev–Trinajstić information content (AvgIpc) is 3.16. The second-order valence-corrected chi connectivity index (χ2v) is 8.25. The number of allylic oxidation sites excluding steroid dienone is 1. The van der Waals surface area contributed by atoms with Crippen molar-refractivity contribution in [3.8, 4) is 6.07 Å². The highest BCUT2D eigenvalue weighted by Crippen LogP contribution is 2.44. The van der Waals surface area contributed by atoms with Gasteiger partial charge in [0.25, 0.3) is 0 Å². The summed E-state index contributed by atoms with van der Waals surface area (Å²) in [6, 6.07) is 2.21. The zero-order chi connectivity index (χ0) is 21.6. The first-order valence-corrected chi connectivity index (χ1v) is 10.4. The molecule has 0 aromatic carbocycles. The van der Waals surface area contributed by atoms with Gasteiger partial charge in [-0.1, -0.05) is 11.6 Å². The molecule has 10 heteroatoms. The lowest BCUT2D eigenvalue weighted by molar-refractivity contribution is -0.129. The van der Waals surface area contributed by atoms with Crippen molar-refractivity contribution in [2.24, 2.45) is 16.1 Å². The SMILES string of the molecule is CN=CC(=CN)Nc1ncc(Cl)c(NC2CCC3(CC2)CCN(C(=O)CC#N)C3)n1. The van der Waals surface area contributed by atoms with Crippen molar-refractivity contribution in [2.45, 2.75) is 44.6 Å². The Kier molecular flexibility index (Phi) is 7.11. The molecule has 1 aromatic heterocycles. The molecule has 1 amide bonds. The first-order chi connectivity index (χ1) is 14.5. The molecule has 2 aliphatic rings. The Morgan fingerprint density at radius 3 is 2.93 bits per heavy atom. The highest BCUT2D eigenvalue weighted by atomic mass is 35.5. The third-order valence-corrected chi connectivity index (χ3v) is 6.13. The van der Waals surface area contributed by atoms with E-state index in [-0.39, 0.29) is 23.8 Å². The van der Waals surface area contributed by atoms with E-state index in [1.54, 1.807) is 19.5 Å². The van der Waals surface area contributed by atoms with Crippen molar-refractivity contribution in [2.75, 3.05) is 30.8 Å². The quantitative estimate of drug-likeness (QED) is 0.590. The first kappa shape index (κ1) is 21.8. The molecule has 160 valence electrons. The number of nitrogens with two attached hydrogens (primary N) is 1. The van der Waals surface area contributed by atoms with Gasteiger partial charge in [-0.25, -0.2) is 4.98 Å². The van der Waals surface area contributed by atoms with Crippen LogP contribution in [0.4, 0.5) is 11.8 Å². The summed E-state index contributed by atoms with van der Waals surface area (Å²) < 4.78 is 0. The molecule has 4 N–H and O–H groups in total. The number of amides is 1. The van der Waals surface area contributed by atoms with Crippen LogP contribution in [0, 0.1) is 16.7 Å². The fourth-order valence-electron chi connectivity index (χ4n) is 4.22. The zero-order valence-corrected chi connectivity index (χ0v) is 17.8. The van der Waals surface area contributed by atoms with E-state index in [2.05, 4.69) is 25.6 Å². The Morgan fingerprint density at radius 2 is 2.27 bits per heavy atom. The molecule has 1 spiro atoms. The zero-order valence-electron chi connectivity index (χ0n) is 17.1. The van der Waals surface area contributed by atoms with Crippen LogP contribution in [0.1, 0.15) is 38.5 Å². The summed E-state index contributed by atoms with van der Waals surface area (Å²) in [7, 11) is 1.65. The van der Waals surface area contributed by atoms with Gasteiger partial charge >= 0.3 is 0 Å². The smallest absolute Gasteiger partial charge is 0.236 e. The average molecular weight is 431 g/mol. The van der Waals surface area contributed by atoms with E-state index in [0.717, 1.165) is 45.2 Å². The highest BCUT2D eigenvalue weighted by Gasteiger charge is 2.42. The van der Waals surface area contributed by atoms with Crippen molar-refractivity contribution in [3.05, 3.63) is 23.1 Å². The second kappa shape index (κ2) is 9.76. The molecule has 0 bridgehead atoms. The molecule has 2 fully saturated rings. The molecule has 0 unspecified atom stereocenters. The standard InChI is InChI=1S/C20H27ClN8O/c1-24-11-15(10-23)27-19-25-12-16(21)18(28-19)26-14-2-5-20(6-3-14)7-9-29(13-20)17(30)4-8-22/h10-12,14H,2-7,9,13,23H2,1H3,(H2,25,26,27,28). The largest absolute Gasteiger partial charge is 0.403 e. The summed E-state index contributed by atoms with van der Waals surface area (Å²) in [5.74, 6) is 0.909. The lowest BCUT2D eigenvalue weighted by Crippen LogP contribution is -2.37. The lowest BCUT2D eigenvalue weighted by atomic mass is 9.72. The number of hydrogen-bond donors (Lipinski definition) is 3. The molecule has 1 aliphatic carbocycles. The van der Waals surface area contributed by atoms with Crippen LogP contribution in [0.25, 0.3) is 0 Å². The van der Waals surface area contributed by atoms with Crippen LogP contribution in [-0.2, 0) is 4.79 Å². The van der Waals surface area contributed by atoms with Crippen molar-refractivity contribution in [1.82, 2.24) is 14.9 Å².